The molecular formula is C12H9Cl2N3O2. The molecular weight excluding hydrogens is 289 g/mol. The second-order valence-electron chi connectivity index (χ2n) is 3.79. The molecule has 0 bridgehead atoms. The molecule has 0 N–H and O–H groups in total. The van der Waals surface area contributed by atoms with Crippen molar-refractivity contribution in [2.75, 3.05) is 0 Å². The molecule has 0 unspecified atom stereocenters. The van der Waals surface area contributed by atoms with Crippen molar-refractivity contribution in [3.63, 3.8) is 0 Å². The monoisotopic (exact) mass is 297 g/mol. The predicted octanol–water partition coefficient (Wildman–Crippen LogP) is 3.81. The molecule has 2 aromatic rings. The van der Waals surface area contributed by atoms with Crippen LogP contribution in [-0.2, 0) is 7.05 Å². The molecule has 0 fully saturated rings. The Bertz CT molecular complexity index is 665. The zero-order chi connectivity index (χ0) is 14.0. The number of benzene rings is 1. The Morgan fingerprint density at radius 2 is 2.11 bits per heavy atom. The SMILES string of the molecule is Cn1c([N+](=O)[O-])cnc1/C=C/c1ccc(Cl)cc1Cl. The van der Waals surface area contributed by atoms with E-state index in [9.17, 15) is 10.1 Å². The summed E-state index contributed by atoms with van der Waals surface area (Å²) in [6, 6.07) is 5.11. The molecule has 0 saturated heterocycles. The van der Waals surface area contributed by atoms with Crippen LogP contribution in [0.25, 0.3) is 12.2 Å². The highest BCUT2D eigenvalue weighted by Gasteiger charge is 2.13. The topological polar surface area (TPSA) is 61.0 Å². The lowest BCUT2D eigenvalue weighted by molar-refractivity contribution is -0.391. The summed E-state index contributed by atoms with van der Waals surface area (Å²) in [5, 5.41) is 11.7. The van der Waals surface area contributed by atoms with Gasteiger partial charge in [-0.3, -0.25) is 0 Å². The smallest absolute Gasteiger partial charge is 0.342 e. The molecule has 1 aromatic carbocycles. The average Bonchev–Trinajstić information content (AvgIpc) is 2.70. The molecule has 0 aliphatic carbocycles. The van der Waals surface area contributed by atoms with E-state index in [-0.39, 0.29) is 5.82 Å². The van der Waals surface area contributed by atoms with Crippen LogP contribution in [0, 0.1) is 10.1 Å². The Morgan fingerprint density at radius 1 is 1.37 bits per heavy atom. The molecule has 98 valence electrons. The van der Waals surface area contributed by atoms with Gasteiger partial charge in [0.05, 0.1) is 7.05 Å². The Morgan fingerprint density at radius 3 is 2.68 bits per heavy atom. The largest absolute Gasteiger partial charge is 0.358 e. The quantitative estimate of drug-likeness (QED) is 0.639. The Balaban J connectivity index is 2.30. The Kier molecular flexibility index (Phi) is 3.87. The van der Waals surface area contributed by atoms with Gasteiger partial charge in [0.15, 0.2) is 0 Å². The van der Waals surface area contributed by atoms with E-state index in [0.717, 1.165) is 5.56 Å². The number of nitrogens with zero attached hydrogens (tertiary/aromatic N) is 3. The summed E-state index contributed by atoms with van der Waals surface area (Å²) in [4.78, 5) is 14.2. The highest BCUT2D eigenvalue weighted by Crippen LogP contribution is 2.23. The van der Waals surface area contributed by atoms with E-state index in [1.165, 1.54) is 10.8 Å². The first-order valence-electron chi connectivity index (χ1n) is 5.28. The lowest BCUT2D eigenvalue weighted by atomic mass is 10.2. The summed E-state index contributed by atoms with van der Waals surface area (Å²) in [6.45, 7) is 0. The molecule has 0 atom stereocenters. The second-order valence-corrected chi connectivity index (χ2v) is 4.63. The van der Waals surface area contributed by atoms with E-state index >= 15 is 0 Å². The maximum Gasteiger partial charge on any atom is 0.342 e. The first-order chi connectivity index (χ1) is 8.99. The molecule has 5 nitrogen and oxygen atoms in total. The van der Waals surface area contributed by atoms with Crippen LogP contribution in [0.2, 0.25) is 10.0 Å². The van der Waals surface area contributed by atoms with Gasteiger partial charge in [0, 0.05) is 16.1 Å². The summed E-state index contributed by atoms with van der Waals surface area (Å²) in [7, 11) is 1.58. The second kappa shape index (κ2) is 5.42. The molecule has 19 heavy (non-hydrogen) atoms. The number of hydrogen-bond donors (Lipinski definition) is 0. The van der Waals surface area contributed by atoms with Crippen molar-refractivity contribution in [3.8, 4) is 0 Å². The van der Waals surface area contributed by atoms with Crippen molar-refractivity contribution < 1.29 is 4.92 Å². The third-order valence-corrected chi connectivity index (χ3v) is 3.12. The van der Waals surface area contributed by atoms with E-state index < -0.39 is 4.92 Å². The fourth-order valence-electron chi connectivity index (χ4n) is 1.54. The maximum absolute atomic E-state index is 10.7. The van der Waals surface area contributed by atoms with Gasteiger partial charge >= 0.3 is 5.82 Å². The third-order valence-electron chi connectivity index (χ3n) is 2.56. The first kappa shape index (κ1) is 13.6. The van der Waals surface area contributed by atoms with E-state index in [2.05, 4.69) is 4.98 Å². The van der Waals surface area contributed by atoms with Gasteiger partial charge in [0.2, 0.25) is 5.82 Å². The van der Waals surface area contributed by atoms with E-state index in [1.54, 1.807) is 37.4 Å². The number of rotatable bonds is 3. The minimum absolute atomic E-state index is 0.0677. The van der Waals surface area contributed by atoms with E-state index in [0.29, 0.717) is 15.9 Å². The summed E-state index contributed by atoms with van der Waals surface area (Å²) in [5.41, 5.74) is 0.761. The summed E-state index contributed by atoms with van der Waals surface area (Å²) >= 11 is 11.8. The molecule has 0 radical (unpaired) electrons. The van der Waals surface area contributed by atoms with Crippen molar-refractivity contribution in [2.45, 2.75) is 0 Å². The number of nitro groups is 1. The summed E-state index contributed by atoms with van der Waals surface area (Å²) < 4.78 is 1.39. The van der Waals surface area contributed by atoms with Crippen molar-refractivity contribution >= 4 is 41.2 Å². The molecule has 0 amide bonds. The highest BCUT2D eigenvalue weighted by atomic mass is 35.5. The van der Waals surface area contributed by atoms with Crippen LogP contribution in [0.3, 0.4) is 0 Å². The lowest BCUT2D eigenvalue weighted by Gasteiger charge is -1.98. The van der Waals surface area contributed by atoms with Gasteiger partial charge in [0.25, 0.3) is 0 Å². The first-order valence-corrected chi connectivity index (χ1v) is 6.04. The van der Waals surface area contributed by atoms with Crippen molar-refractivity contribution in [2.24, 2.45) is 7.05 Å². The lowest BCUT2D eigenvalue weighted by Crippen LogP contribution is -1.98. The maximum atomic E-state index is 10.7. The molecule has 0 aliphatic heterocycles. The number of hydrogen-bond acceptors (Lipinski definition) is 3. The van der Waals surface area contributed by atoms with Crippen LogP contribution >= 0.6 is 23.2 Å². The van der Waals surface area contributed by atoms with Crippen LogP contribution in [-0.4, -0.2) is 14.5 Å². The van der Waals surface area contributed by atoms with Gasteiger partial charge < -0.3 is 10.1 Å². The van der Waals surface area contributed by atoms with Gasteiger partial charge in [0.1, 0.15) is 6.20 Å². The molecule has 0 saturated carbocycles. The number of imidazole rings is 1. The molecule has 0 aliphatic rings. The van der Waals surface area contributed by atoms with E-state index in [4.69, 9.17) is 23.2 Å². The fourth-order valence-corrected chi connectivity index (χ4v) is 2.01. The molecule has 0 spiro atoms. The van der Waals surface area contributed by atoms with Gasteiger partial charge in [-0.15, -0.1) is 0 Å². The van der Waals surface area contributed by atoms with Gasteiger partial charge in [-0.1, -0.05) is 29.3 Å². The molecule has 1 aromatic heterocycles. The van der Waals surface area contributed by atoms with Crippen LogP contribution in [0.15, 0.2) is 24.4 Å². The molecule has 2 rings (SSSR count). The molecule has 7 heteroatoms. The number of halogens is 2. The van der Waals surface area contributed by atoms with Crippen LogP contribution in [0.4, 0.5) is 5.82 Å². The van der Waals surface area contributed by atoms with Gasteiger partial charge in [-0.25, -0.2) is 9.55 Å². The Hall–Kier alpha value is -1.85. The van der Waals surface area contributed by atoms with Crippen LogP contribution < -0.4 is 0 Å². The van der Waals surface area contributed by atoms with Crippen molar-refractivity contribution in [3.05, 3.63) is 55.9 Å². The normalized spacial score (nSPS) is 11.1. The van der Waals surface area contributed by atoms with Crippen molar-refractivity contribution in [1.82, 2.24) is 9.55 Å². The van der Waals surface area contributed by atoms with Crippen LogP contribution in [0.5, 0.6) is 0 Å². The Labute approximate surface area is 119 Å². The highest BCUT2D eigenvalue weighted by molar-refractivity contribution is 6.35. The standard InChI is InChI=1S/C12H9Cl2N3O2/c1-16-11(15-7-12(16)17(18)19)5-3-8-2-4-9(13)6-10(8)14/h2-7H,1H3/b5-3+. The van der Waals surface area contributed by atoms with E-state index in [1.807, 2.05) is 0 Å². The minimum atomic E-state index is -0.486. The minimum Gasteiger partial charge on any atom is -0.358 e. The third kappa shape index (κ3) is 2.94. The summed E-state index contributed by atoms with van der Waals surface area (Å²) in [6.07, 6.45) is 4.59. The fraction of sp³-hybridized carbons (Fsp3) is 0.0833. The van der Waals surface area contributed by atoms with Gasteiger partial charge in [-0.05, 0) is 28.7 Å². The number of aromatic nitrogens is 2. The van der Waals surface area contributed by atoms with Gasteiger partial charge in [-0.2, -0.15) is 0 Å². The zero-order valence-corrected chi connectivity index (χ0v) is 11.4. The predicted molar refractivity (Wildman–Crippen MR) is 75.3 cm³/mol. The summed E-state index contributed by atoms with van der Waals surface area (Å²) in [5.74, 6) is 0.402. The van der Waals surface area contributed by atoms with Crippen LogP contribution in [0.1, 0.15) is 11.4 Å². The molecule has 1 heterocycles. The van der Waals surface area contributed by atoms with Crippen molar-refractivity contribution in [1.29, 1.82) is 0 Å². The average molecular weight is 298 g/mol. The zero-order valence-electron chi connectivity index (χ0n) is 9.88.